The average Bonchev–Trinajstić information content (AvgIpc) is 3.47. The number of hydrogen-bond donors (Lipinski definition) is 0. The Labute approximate surface area is 193 Å². The van der Waals surface area contributed by atoms with Crippen LogP contribution >= 0.6 is 0 Å². The van der Waals surface area contributed by atoms with E-state index in [4.69, 9.17) is 4.42 Å². The summed E-state index contributed by atoms with van der Waals surface area (Å²) >= 11 is 0. The zero-order chi connectivity index (χ0) is 25.2. The van der Waals surface area contributed by atoms with Gasteiger partial charge in [0.1, 0.15) is 28.4 Å². The second-order valence-corrected chi connectivity index (χ2v) is 8.35. The molecular formula is C23H15F6N5O. The van der Waals surface area contributed by atoms with Gasteiger partial charge in [-0.3, -0.25) is 4.40 Å². The van der Waals surface area contributed by atoms with Gasteiger partial charge in [0.15, 0.2) is 0 Å². The second kappa shape index (κ2) is 7.52. The van der Waals surface area contributed by atoms with Crippen molar-refractivity contribution in [2.24, 2.45) is 0 Å². The number of alkyl halides is 6. The minimum absolute atomic E-state index is 0.0308. The van der Waals surface area contributed by atoms with Gasteiger partial charge in [-0.2, -0.15) is 22.0 Å². The number of halogens is 6. The van der Waals surface area contributed by atoms with Crippen LogP contribution in [-0.4, -0.2) is 30.7 Å². The molecule has 0 aliphatic carbocycles. The van der Waals surface area contributed by atoms with Gasteiger partial charge in [-0.25, -0.2) is 14.4 Å². The SMILES string of the molecule is CC(C)(F)c1ccc(-c2cc(C(F)(F)C(F)(F)F)nc3c2ccc2nc(-c4nnco4)cn23)cc1. The summed E-state index contributed by atoms with van der Waals surface area (Å²) in [7, 11) is 0. The molecule has 4 heterocycles. The second-order valence-electron chi connectivity index (χ2n) is 8.35. The lowest BCUT2D eigenvalue weighted by molar-refractivity contribution is -0.290. The molecule has 35 heavy (non-hydrogen) atoms. The van der Waals surface area contributed by atoms with E-state index >= 15 is 0 Å². The molecule has 0 bridgehead atoms. The smallest absolute Gasteiger partial charge is 0.422 e. The molecule has 0 aliphatic heterocycles. The minimum atomic E-state index is -5.87. The third-order valence-electron chi connectivity index (χ3n) is 5.54. The minimum Gasteiger partial charge on any atom is -0.422 e. The van der Waals surface area contributed by atoms with Gasteiger partial charge in [0.25, 0.3) is 5.89 Å². The lowest BCUT2D eigenvalue weighted by Gasteiger charge is -2.21. The highest BCUT2D eigenvalue weighted by molar-refractivity contribution is 5.94. The number of imidazole rings is 1. The molecular weight excluding hydrogens is 476 g/mol. The van der Waals surface area contributed by atoms with E-state index in [0.717, 1.165) is 6.39 Å². The summed E-state index contributed by atoms with van der Waals surface area (Å²) in [5.41, 5.74) is -2.25. The molecule has 0 saturated carbocycles. The van der Waals surface area contributed by atoms with E-state index in [1.807, 2.05) is 0 Å². The molecule has 180 valence electrons. The van der Waals surface area contributed by atoms with E-state index in [2.05, 4.69) is 20.2 Å². The van der Waals surface area contributed by atoms with E-state index in [1.54, 1.807) is 6.07 Å². The molecule has 0 aliphatic rings. The van der Waals surface area contributed by atoms with Crippen LogP contribution < -0.4 is 0 Å². The van der Waals surface area contributed by atoms with Crippen molar-refractivity contribution in [3.63, 3.8) is 0 Å². The Morgan fingerprint density at radius 3 is 2.20 bits per heavy atom. The first kappa shape index (κ1) is 22.8. The molecule has 0 unspecified atom stereocenters. The van der Waals surface area contributed by atoms with E-state index in [-0.39, 0.29) is 33.8 Å². The zero-order valence-electron chi connectivity index (χ0n) is 18.1. The van der Waals surface area contributed by atoms with Crippen molar-refractivity contribution >= 4 is 16.7 Å². The number of benzene rings is 1. The molecule has 1 aromatic carbocycles. The summed E-state index contributed by atoms with van der Waals surface area (Å²) in [6, 6.07) is 9.59. The third-order valence-corrected chi connectivity index (χ3v) is 5.54. The summed E-state index contributed by atoms with van der Waals surface area (Å²) in [5, 5.41) is 7.56. The van der Waals surface area contributed by atoms with Crippen molar-refractivity contribution in [3.05, 3.63) is 66.3 Å². The molecule has 4 aromatic heterocycles. The predicted molar refractivity (Wildman–Crippen MR) is 113 cm³/mol. The molecule has 0 N–H and O–H groups in total. The molecule has 0 fully saturated rings. The molecule has 0 radical (unpaired) electrons. The summed E-state index contributed by atoms with van der Waals surface area (Å²) in [5.74, 6) is -5.20. The first-order chi connectivity index (χ1) is 16.4. The first-order valence-corrected chi connectivity index (χ1v) is 10.2. The highest BCUT2D eigenvalue weighted by atomic mass is 19.4. The van der Waals surface area contributed by atoms with Crippen LogP contribution in [0.15, 0.2) is 59.5 Å². The summed E-state index contributed by atoms with van der Waals surface area (Å²) in [4.78, 5) is 7.97. The number of fused-ring (bicyclic) bond motifs is 3. The van der Waals surface area contributed by atoms with Crippen LogP contribution in [0.1, 0.15) is 25.1 Å². The van der Waals surface area contributed by atoms with E-state index < -0.39 is 23.5 Å². The monoisotopic (exact) mass is 491 g/mol. The van der Waals surface area contributed by atoms with Crippen molar-refractivity contribution in [3.8, 4) is 22.7 Å². The van der Waals surface area contributed by atoms with Crippen LogP contribution in [0.4, 0.5) is 26.3 Å². The molecule has 6 nitrogen and oxygen atoms in total. The molecule has 12 heteroatoms. The Morgan fingerprint density at radius 1 is 0.886 bits per heavy atom. The van der Waals surface area contributed by atoms with Crippen LogP contribution in [0, 0.1) is 0 Å². The molecule has 5 aromatic rings. The zero-order valence-corrected chi connectivity index (χ0v) is 18.1. The average molecular weight is 491 g/mol. The van der Waals surface area contributed by atoms with Gasteiger partial charge in [0.2, 0.25) is 6.39 Å². The number of rotatable bonds is 4. The van der Waals surface area contributed by atoms with E-state index in [9.17, 15) is 26.3 Å². The normalized spacial score (nSPS) is 13.1. The van der Waals surface area contributed by atoms with Crippen LogP contribution in [0.3, 0.4) is 0 Å². The van der Waals surface area contributed by atoms with Crippen molar-refractivity contribution in [1.82, 2.24) is 24.6 Å². The first-order valence-electron chi connectivity index (χ1n) is 10.2. The fourth-order valence-corrected chi connectivity index (χ4v) is 3.71. The van der Waals surface area contributed by atoms with Gasteiger partial charge < -0.3 is 4.42 Å². The highest BCUT2D eigenvalue weighted by Gasteiger charge is 2.60. The quantitative estimate of drug-likeness (QED) is 0.270. The fourth-order valence-electron chi connectivity index (χ4n) is 3.71. The van der Waals surface area contributed by atoms with Crippen LogP contribution in [0.5, 0.6) is 0 Å². The topological polar surface area (TPSA) is 69.1 Å². The molecule has 0 saturated heterocycles. The van der Waals surface area contributed by atoms with Crippen molar-refractivity contribution in [2.45, 2.75) is 31.6 Å². The maximum Gasteiger partial charge on any atom is 0.459 e. The summed E-state index contributed by atoms with van der Waals surface area (Å²) < 4.78 is 89.3. The predicted octanol–water partition coefficient (Wildman–Crippen LogP) is 6.46. The Kier molecular flexibility index (Phi) is 4.90. The van der Waals surface area contributed by atoms with Crippen molar-refractivity contribution in [2.75, 3.05) is 0 Å². The van der Waals surface area contributed by atoms with Gasteiger partial charge in [-0.05, 0) is 48.7 Å². The van der Waals surface area contributed by atoms with Gasteiger partial charge >= 0.3 is 12.1 Å². The Morgan fingerprint density at radius 2 is 1.60 bits per heavy atom. The highest BCUT2D eigenvalue weighted by Crippen LogP contribution is 2.45. The lowest BCUT2D eigenvalue weighted by atomic mass is 9.95. The van der Waals surface area contributed by atoms with E-state index in [0.29, 0.717) is 17.2 Å². The number of aromatic nitrogens is 5. The van der Waals surface area contributed by atoms with Crippen LogP contribution in [-0.2, 0) is 11.6 Å². The lowest BCUT2D eigenvalue weighted by Crippen LogP contribution is -2.34. The Bertz CT molecular complexity index is 1530. The Balaban J connectivity index is 1.80. The van der Waals surface area contributed by atoms with Gasteiger partial charge in [-0.1, -0.05) is 24.3 Å². The maximum atomic E-state index is 14.4. The van der Waals surface area contributed by atoms with E-state index in [1.165, 1.54) is 54.8 Å². The largest absolute Gasteiger partial charge is 0.459 e. The van der Waals surface area contributed by atoms with Gasteiger partial charge in [-0.15, -0.1) is 10.2 Å². The number of hydrogen-bond acceptors (Lipinski definition) is 5. The fraction of sp³-hybridized carbons (Fsp3) is 0.217. The Hall–Kier alpha value is -3.96. The molecule has 0 atom stereocenters. The number of pyridine rings is 2. The van der Waals surface area contributed by atoms with Crippen LogP contribution in [0.2, 0.25) is 0 Å². The van der Waals surface area contributed by atoms with Gasteiger partial charge in [0.05, 0.1) is 0 Å². The molecule has 0 amide bonds. The van der Waals surface area contributed by atoms with Crippen molar-refractivity contribution < 1.29 is 30.8 Å². The summed E-state index contributed by atoms with van der Waals surface area (Å²) in [6.45, 7) is 2.70. The standard InChI is InChI=1S/C23H15F6N5O/c1-21(2,24)13-5-3-12(4-6-13)15-9-17(22(25,26)23(27,28)29)32-19-14(15)7-8-18-31-16(10-34(18)19)20-33-30-11-35-20/h3-11H,1-2H3. The van der Waals surface area contributed by atoms with Crippen molar-refractivity contribution in [1.29, 1.82) is 0 Å². The summed E-state index contributed by atoms with van der Waals surface area (Å²) in [6.07, 6.45) is -3.45. The third kappa shape index (κ3) is 3.78. The molecule has 0 spiro atoms. The maximum absolute atomic E-state index is 14.4. The molecule has 5 rings (SSSR count). The van der Waals surface area contributed by atoms with Crippen LogP contribution in [0.25, 0.3) is 39.4 Å². The van der Waals surface area contributed by atoms with Gasteiger partial charge in [0, 0.05) is 11.6 Å². The number of nitrogens with zero attached hydrogens (tertiary/aromatic N) is 5.